The van der Waals surface area contributed by atoms with E-state index in [0.29, 0.717) is 17.8 Å². The number of nitrogen functional groups attached to an aromatic ring is 1. The summed E-state index contributed by atoms with van der Waals surface area (Å²) in [6.07, 6.45) is -4.69. The summed E-state index contributed by atoms with van der Waals surface area (Å²) in [7, 11) is 0. The van der Waals surface area contributed by atoms with Crippen molar-refractivity contribution >= 4 is 40.6 Å². The Morgan fingerprint density at radius 2 is 1.96 bits per heavy atom. The summed E-state index contributed by atoms with van der Waals surface area (Å²) < 4.78 is 39.1. The van der Waals surface area contributed by atoms with Crippen molar-refractivity contribution in [3.8, 4) is 0 Å². The normalized spacial score (nSPS) is 16.1. The minimum absolute atomic E-state index is 0.0479. The first-order valence-electron chi connectivity index (χ1n) is 7.89. The van der Waals surface area contributed by atoms with E-state index in [2.05, 4.69) is 15.1 Å². The van der Waals surface area contributed by atoms with E-state index in [9.17, 15) is 18.0 Å². The lowest BCUT2D eigenvalue weighted by Crippen LogP contribution is -2.48. The third kappa shape index (κ3) is 5.06. The number of hydrogen-bond acceptors (Lipinski definition) is 7. The predicted molar refractivity (Wildman–Crippen MR) is 97.1 cm³/mol. The number of carbonyl (C=O) groups excluding carboxylic acids is 1. The number of halogens is 4. The number of nitrogens with two attached hydrogens (primary N) is 1. The molecule has 3 heterocycles. The molecular weight excluding hydrogens is 425 g/mol. The third-order valence-corrected chi connectivity index (χ3v) is 6.12. The lowest BCUT2D eigenvalue weighted by molar-refractivity contribution is -0.146. The Balaban J connectivity index is 1.47. The van der Waals surface area contributed by atoms with E-state index in [4.69, 9.17) is 17.4 Å². The first-order chi connectivity index (χ1) is 12.7. The molecule has 2 aromatic heterocycles. The fourth-order valence-corrected chi connectivity index (χ4v) is 4.49. The first kappa shape index (κ1) is 20.2. The van der Waals surface area contributed by atoms with Crippen molar-refractivity contribution in [2.24, 2.45) is 0 Å². The van der Waals surface area contributed by atoms with Gasteiger partial charge in [-0.1, -0.05) is 23.4 Å². The van der Waals surface area contributed by atoms with E-state index < -0.39 is 12.0 Å². The molecule has 2 N–H and O–H groups in total. The highest BCUT2D eigenvalue weighted by Gasteiger charge is 2.38. The second-order valence-electron chi connectivity index (χ2n) is 5.83. The highest BCUT2D eigenvalue weighted by Crippen LogP contribution is 2.29. The van der Waals surface area contributed by atoms with Crippen LogP contribution in [0.3, 0.4) is 0 Å². The van der Waals surface area contributed by atoms with Gasteiger partial charge in [0.15, 0.2) is 0 Å². The molecule has 0 unspecified atom stereocenters. The highest BCUT2D eigenvalue weighted by molar-refractivity contribution is 7.99. The second-order valence-corrected chi connectivity index (χ2v) is 8.57. The molecule has 1 saturated heterocycles. The molecule has 1 aliphatic heterocycles. The van der Waals surface area contributed by atoms with Crippen molar-refractivity contribution in [3.63, 3.8) is 0 Å². The lowest BCUT2D eigenvalue weighted by atomic mass is 10.3. The van der Waals surface area contributed by atoms with Crippen LogP contribution in [-0.2, 0) is 17.5 Å². The fourth-order valence-electron chi connectivity index (χ4n) is 2.60. The molecule has 1 aliphatic rings. The lowest BCUT2D eigenvalue weighted by Gasteiger charge is -2.34. The maximum absolute atomic E-state index is 12.6. The number of piperazine rings is 1. The van der Waals surface area contributed by atoms with Crippen molar-refractivity contribution < 1.29 is 18.0 Å². The molecule has 2 aromatic rings. The standard InChI is InChI=1S/C14H16ClF3N6OS2/c15-10-2-1-9(27-10)7-22-3-5-23(6-4-22)11(25)8-26-13-21-20-12(24(13)19)14(16,17)18/h1-2H,3-8,19H2. The SMILES string of the molecule is Nn1c(SCC(=O)N2CCN(Cc3ccc(Cl)s3)CC2)nnc1C(F)(F)F. The molecule has 0 aliphatic carbocycles. The summed E-state index contributed by atoms with van der Waals surface area (Å²) in [6.45, 7) is 3.34. The largest absolute Gasteiger partial charge is 0.453 e. The van der Waals surface area contributed by atoms with Gasteiger partial charge in [0, 0.05) is 37.6 Å². The molecule has 0 spiro atoms. The van der Waals surface area contributed by atoms with Crippen LogP contribution < -0.4 is 5.84 Å². The van der Waals surface area contributed by atoms with Gasteiger partial charge in [0.25, 0.3) is 5.82 Å². The van der Waals surface area contributed by atoms with Crippen LogP contribution >= 0.6 is 34.7 Å². The number of amides is 1. The Morgan fingerprint density at radius 3 is 2.52 bits per heavy atom. The fraction of sp³-hybridized carbons (Fsp3) is 0.500. The number of hydrogen-bond donors (Lipinski definition) is 1. The van der Waals surface area contributed by atoms with Crippen LogP contribution in [0.25, 0.3) is 0 Å². The van der Waals surface area contributed by atoms with Crippen LogP contribution in [0.15, 0.2) is 17.3 Å². The first-order valence-corrected chi connectivity index (χ1v) is 10.1. The summed E-state index contributed by atoms with van der Waals surface area (Å²) in [5.41, 5.74) is 0. The molecule has 7 nitrogen and oxygen atoms in total. The van der Waals surface area contributed by atoms with Gasteiger partial charge in [0.05, 0.1) is 10.1 Å². The average molecular weight is 441 g/mol. The van der Waals surface area contributed by atoms with Crippen LogP contribution in [0.4, 0.5) is 13.2 Å². The molecule has 1 amide bonds. The van der Waals surface area contributed by atoms with Crippen molar-refractivity contribution in [2.75, 3.05) is 37.8 Å². The van der Waals surface area contributed by atoms with Crippen LogP contribution in [0, 0.1) is 0 Å². The zero-order chi connectivity index (χ0) is 19.6. The molecule has 0 radical (unpaired) electrons. The van der Waals surface area contributed by atoms with Gasteiger partial charge >= 0.3 is 6.18 Å². The predicted octanol–water partition coefficient (Wildman–Crippen LogP) is 2.16. The highest BCUT2D eigenvalue weighted by atomic mass is 35.5. The topological polar surface area (TPSA) is 80.3 Å². The quantitative estimate of drug-likeness (QED) is 0.567. The molecule has 1 fully saturated rings. The van der Waals surface area contributed by atoms with Crippen molar-refractivity contribution in [1.82, 2.24) is 24.7 Å². The van der Waals surface area contributed by atoms with Crippen LogP contribution in [0.5, 0.6) is 0 Å². The van der Waals surface area contributed by atoms with Crippen molar-refractivity contribution in [1.29, 1.82) is 0 Å². The Kier molecular flexibility index (Phi) is 6.18. The van der Waals surface area contributed by atoms with E-state index >= 15 is 0 Å². The molecule has 148 valence electrons. The van der Waals surface area contributed by atoms with E-state index in [-0.39, 0.29) is 16.8 Å². The molecule has 0 aromatic carbocycles. The third-order valence-electron chi connectivity index (χ3n) is 3.98. The minimum Gasteiger partial charge on any atom is -0.339 e. The van der Waals surface area contributed by atoms with Gasteiger partial charge in [0.1, 0.15) is 0 Å². The van der Waals surface area contributed by atoms with Gasteiger partial charge in [-0.3, -0.25) is 9.69 Å². The second kappa shape index (κ2) is 8.25. The summed E-state index contributed by atoms with van der Waals surface area (Å²) in [4.78, 5) is 17.4. The number of thiophene rings is 1. The van der Waals surface area contributed by atoms with E-state index in [1.54, 1.807) is 4.90 Å². The van der Waals surface area contributed by atoms with Gasteiger partial charge in [-0.2, -0.15) is 13.2 Å². The Bertz CT molecular complexity index is 803. The summed E-state index contributed by atoms with van der Waals surface area (Å²) >= 11 is 8.30. The number of thioether (sulfide) groups is 1. The van der Waals surface area contributed by atoms with E-state index in [0.717, 1.165) is 40.6 Å². The Morgan fingerprint density at radius 1 is 1.26 bits per heavy atom. The minimum atomic E-state index is -4.69. The summed E-state index contributed by atoms with van der Waals surface area (Å²) in [5, 5.41) is 6.28. The summed E-state index contributed by atoms with van der Waals surface area (Å²) in [6, 6.07) is 3.85. The van der Waals surface area contributed by atoms with Crippen LogP contribution in [-0.4, -0.2) is 62.5 Å². The zero-order valence-corrected chi connectivity index (χ0v) is 16.3. The molecule has 27 heavy (non-hydrogen) atoms. The summed E-state index contributed by atoms with van der Waals surface area (Å²) in [5.74, 6) is 3.85. The molecule has 0 atom stereocenters. The van der Waals surface area contributed by atoms with Gasteiger partial charge < -0.3 is 10.7 Å². The maximum atomic E-state index is 12.6. The smallest absolute Gasteiger partial charge is 0.339 e. The van der Waals surface area contributed by atoms with E-state index in [1.807, 2.05) is 12.1 Å². The number of carbonyl (C=O) groups is 1. The number of alkyl halides is 3. The molecule has 3 rings (SSSR count). The van der Waals surface area contributed by atoms with E-state index in [1.165, 1.54) is 11.3 Å². The molecular formula is C14H16ClF3N6OS2. The number of aromatic nitrogens is 3. The van der Waals surface area contributed by atoms with Crippen molar-refractivity contribution in [3.05, 3.63) is 27.2 Å². The van der Waals surface area contributed by atoms with Crippen molar-refractivity contribution in [2.45, 2.75) is 17.9 Å². The molecule has 0 saturated carbocycles. The monoisotopic (exact) mass is 440 g/mol. The number of rotatable bonds is 5. The average Bonchev–Trinajstić information content (AvgIpc) is 3.18. The van der Waals surface area contributed by atoms with Crippen LogP contribution in [0.1, 0.15) is 10.7 Å². The zero-order valence-electron chi connectivity index (χ0n) is 13.9. The van der Waals surface area contributed by atoms with Gasteiger partial charge in [0.2, 0.25) is 11.1 Å². The molecule has 13 heteroatoms. The van der Waals surface area contributed by atoms with Gasteiger partial charge in [-0.05, 0) is 12.1 Å². The maximum Gasteiger partial charge on any atom is 0.453 e. The Hall–Kier alpha value is -1.50. The molecule has 0 bridgehead atoms. The number of nitrogens with zero attached hydrogens (tertiary/aromatic N) is 5. The van der Waals surface area contributed by atoms with Crippen LogP contribution in [0.2, 0.25) is 4.34 Å². The Labute approximate surface area is 166 Å². The van der Waals surface area contributed by atoms with Gasteiger partial charge in [-0.15, -0.1) is 21.5 Å². The van der Waals surface area contributed by atoms with Gasteiger partial charge in [-0.25, -0.2) is 4.68 Å².